The molecule has 0 saturated heterocycles. The molecule has 2 heterocycles. The molecular formula is C15H19N3O2S. The molecule has 1 atom stereocenters. The number of fused-ring (bicyclic) bond motifs is 1. The minimum atomic E-state index is -0.210. The molecule has 2 amide bonds. The maximum absolute atomic E-state index is 12.1. The standard InChI is InChI=1S/C15H19N3O2S/c1-9(2)13-8-16-15(21-13)18-14(19)17-11-4-3-5-12-10(11)6-7-20-12/h6-9,11H,3-5H2,1-2H3,(H2,16,17,18,19). The number of amides is 2. The van der Waals surface area contributed by atoms with E-state index in [-0.39, 0.29) is 12.1 Å². The van der Waals surface area contributed by atoms with Crippen LogP contribution in [-0.4, -0.2) is 11.0 Å². The van der Waals surface area contributed by atoms with Crippen LogP contribution >= 0.6 is 11.3 Å². The molecule has 2 aromatic heterocycles. The van der Waals surface area contributed by atoms with Crippen LogP contribution in [0.5, 0.6) is 0 Å². The van der Waals surface area contributed by atoms with Crippen LogP contribution < -0.4 is 10.6 Å². The van der Waals surface area contributed by atoms with E-state index in [4.69, 9.17) is 4.42 Å². The summed E-state index contributed by atoms with van der Waals surface area (Å²) < 4.78 is 5.43. The number of hydrogen-bond donors (Lipinski definition) is 2. The number of nitrogens with zero attached hydrogens (tertiary/aromatic N) is 1. The smallest absolute Gasteiger partial charge is 0.321 e. The number of anilines is 1. The van der Waals surface area contributed by atoms with E-state index in [1.54, 1.807) is 6.26 Å². The van der Waals surface area contributed by atoms with Crippen LogP contribution in [0, 0.1) is 0 Å². The first-order valence-corrected chi connectivity index (χ1v) is 8.04. The second-order valence-corrected chi connectivity index (χ2v) is 6.63. The van der Waals surface area contributed by atoms with E-state index < -0.39 is 0 Å². The highest BCUT2D eigenvalue weighted by molar-refractivity contribution is 7.15. The SMILES string of the molecule is CC(C)c1cnc(NC(=O)NC2CCCc3occc32)s1. The quantitative estimate of drug-likeness (QED) is 0.898. The number of carbonyl (C=O) groups is 1. The molecule has 0 fully saturated rings. The fourth-order valence-electron chi connectivity index (χ4n) is 2.54. The lowest BCUT2D eigenvalue weighted by Crippen LogP contribution is -2.33. The van der Waals surface area contributed by atoms with Crippen molar-refractivity contribution < 1.29 is 9.21 Å². The number of hydrogen-bond acceptors (Lipinski definition) is 4. The van der Waals surface area contributed by atoms with Gasteiger partial charge in [0.1, 0.15) is 5.76 Å². The van der Waals surface area contributed by atoms with E-state index in [0.717, 1.165) is 30.6 Å². The number of aryl methyl sites for hydroxylation is 1. The van der Waals surface area contributed by atoms with E-state index in [1.807, 2.05) is 12.3 Å². The van der Waals surface area contributed by atoms with Gasteiger partial charge in [0.05, 0.1) is 12.3 Å². The van der Waals surface area contributed by atoms with Gasteiger partial charge in [-0.3, -0.25) is 5.32 Å². The Morgan fingerprint density at radius 2 is 2.38 bits per heavy atom. The second kappa shape index (κ2) is 5.89. The molecule has 21 heavy (non-hydrogen) atoms. The minimum Gasteiger partial charge on any atom is -0.469 e. The Hall–Kier alpha value is -1.82. The van der Waals surface area contributed by atoms with Crippen LogP contribution in [0.3, 0.4) is 0 Å². The Morgan fingerprint density at radius 1 is 1.52 bits per heavy atom. The van der Waals surface area contributed by atoms with Crippen molar-refractivity contribution in [3.63, 3.8) is 0 Å². The van der Waals surface area contributed by atoms with Crippen molar-refractivity contribution in [2.45, 2.75) is 45.1 Å². The van der Waals surface area contributed by atoms with Crippen molar-refractivity contribution >= 4 is 22.5 Å². The van der Waals surface area contributed by atoms with Gasteiger partial charge in [-0.05, 0) is 24.8 Å². The van der Waals surface area contributed by atoms with Gasteiger partial charge < -0.3 is 9.73 Å². The van der Waals surface area contributed by atoms with E-state index in [0.29, 0.717) is 11.0 Å². The highest BCUT2D eigenvalue weighted by Crippen LogP contribution is 2.30. The predicted molar refractivity (Wildman–Crippen MR) is 82.7 cm³/mol. The molecule has 0 aliphatic heterocycles. The number of carbonyl (C=O) groups excluding carboxylic acids is 1. The van der Waals surface area contributed by atoms with Crippen LogP contribution in [0.2, 0.25) is 0 Å². The summed E-state index contributed by atoms with van der Waals surface area (Å²) in [5.41, 5.74) is 1.10. The summed E-state index contributed by atoms with van der Waals surface area (Å²) >= 11 is 1.52. The van der Waals surface area contributed by atoms with Gasteiger partial charge in [0.2, 0.25) is 0 Å². The summed E-state index contributed by atoms with van der Waals surface area (Å²) in [6.07, 6.45) is 6.43. The third kappa shape index (κ3) is 3.10. The number of furan rings is 1. The predicted octanol–water partition coefficient (Wildman–Crippen LogP) is 4.06. The van der Waals surface area contributed by atoms with Crippen LogP contribution in [0.25, 0.3) is 0 Å². The van der Waals surface area contributed by atoms with E-state index >= 15 is 0 Å². The van der Waals surface area contributed by atoms with Gasteiger partial charge in [0.25, 0.3) is 0 Å². The second-order valence-electron chi connectivity index (χ2n) is 5.56. The average Bonchev–Trinajstić information content (AvgIpc) is 3.07. The summed E-state index contributed by atoms with van der Waals surface area (Å²) in [7, 11) is 0. The van der Waals surface area contributed by atoms with Gasteiger partial charge in [-0.1, -0.05) is 13.8 Å². The maximum Gasteiger partial charge on any atom is 0.321 e. The lowest BCUT2D eigenvalue weighted by atomic mass is 9.93. The Labute approximate surface area is 127 Å². The number of urea groups is 1. The number of nitrogens with one attached hydrogen (secondary N) is 2. The molecule has 0 bridgehead atoms. The number of rotatable bonds is 3. The Bertz CT molecular complexity index is 632. The minimum absolute atomic E-state index is 0.0250. The average molecular weight is 305 g/mol. The molecule has 1 unspecified atom stereocenters. The van der Waals surface area contributed by atoms with E-state index in [9.17, 15) is 4.79 Å². The van der Waals surface area contributed by atoms with Gasteiger partial charge >= 0.3 is 6.03 Å². The summed E-state index contributed by atoms with van der Waals surface area (Å²) in [4.78, 5) is 17.5. The maximum atomic E-state index is 12.1. The fourth-order valence-corrected chi connectivity index (χ4v) is 3.35. The molecule has 6 heteroatoms. The van der Waals surface area contributed by atoms with E-state index in [1.165, 1.54) is 16.2 Å². The summed E-state index contributed by atoms with van der Waals surface area (Å²) in [5.74, 6) is 1.41. The molecule has 0 radical (unpaired) electrons. The third-order valence-electron chi connectivity index (χ3n) is 3.67. The van der Waals surface area contributed by atoms with Gasteiger partial charge in [-0.15, -0.1) is 11.3 Å². The van der Waals surface area contributed by atoms with Gasteiger partial charge in [0, 0.05) is 23.1 Å². The van der Waals surface area contributed by atoms with Crippen LogP contribution in [0.1, 0.15) is 54.8 Å². The molecule has 2 N–H and O–H groups in total. The zero-order chi connectivity index (χ0) is 14.8. The van der Waals surface area contributed by atoms with Crippen molar-refractivity contribution in [2.24, 2.45) is 0 Å². The van der Waals surface area contributed by atoms with Gasteiger partial charge in [0.15, 0.2) is 5.13 Å². The first kappa shape index (κ1) is 14.1. The van der Waals surface area contributed by atoms with Crippen molar-refractivity contribution in [2.75, 3.05) is 5.32 Å². The summed E-state index contributed by atoms with van der Waals surface area (Å²) in [6, 6.07) is 1.76. The molecule has 1 aliphatic carbocycles. The lowest BCUT2D eigenvalue weighted by molar-refractivity contribution is 0.246. The molecule has 0 saturated carbocycles. The van der Waals surface area contributed by atoms with Gasteiger partial charge in [-0.25, -0.2) is 9.78 Å². The molecule has 0 aromatic carbocycles. The Morgan fingerprint density at radius 3 is 3.14 bits per heavy atom. The van der Waals surface area contributed by atoms with Crippen molar-refractivity contribution in [1.82, 2.24) is 10.3 Å². The molecule has 2 aromatic rings. The first-order valence-electron chi connectivity index (χ1n) is 7.23. The number of thiazole rings is 1. The highest BCUT2D eigenvalue weighted by Gasteiger charge is 2.24. The van der Waals surface area contributed by atoms with Crippen LogP contribution in [0.4, 0.5) is 9.93 Å². The van der Waals surface area contributed by atoms with E-state index in [2.05, 4.69) is 29.5 Å². The molecule has 5 nitrogen and oxygen atoms in total. The normalized spacial score (nSPS) is 17.6. The lowest BCUT2D eigenvalue weighted by Gasteiger charge is -2.22. The first-order chi connectivity index (χ1) is 10.1. The summed E-state index contributed by atoms with van der Waals surface area (Å²) in [5, 5.41) is 6.46. The largest absolute Gasteiger partial charge is 0.469 e. The molecule has 3 rings (SSSR count). The monoisotopic (exact) mass is 305 g/mol. The van der Waals surface area contributed by atoms with Crippen molar-refractivity contribution in [3.8, 4) is 0 Å². The molecule has 0 spiro atoms. The molecule has 1 aliphatic rings. The zero-order valence-electron chi connectivity index (χ0n) is 12.2. The third-order valence-corrected chi connectivity index (χ3v) is 4.88. The topological polar surface area (TPSA) is 67.2 Å². The van der Waals surface area contributed by atoms with Crippen LogP contribution in [0.15, 0.2) is 22.9 Å². The molecular weight excluding hydrogens is 286 g/mol. The fraction of sp³-hybridized carbons (Fsp3) is 0.467. The Balaban J connectivity index is 1.62. The molecule has 112 valence electrons. The van der Waals surface area contributed by atoms with Crippen molar-refractivity contribution in [1.29, 1.82) is 0 Å². The Kier molecular flexibility index (Phi) is 3.96. The van der Waals surface area contributed by atoms with Crippen molar-refractivity contribution in [3.05, 3.63) is 34.7 Å². The number of aromatic nitrogens is 1. The van der Waals surface area contributed by atoms with Gasteiger partial charge in [-0.2, -0.15) is 0 Å². The van der Waals surface area contributed by atoms with Crippen LogP contribution in [-0.2, 0) is 6.42 Å². The highest BCUT2D eigenvalue weighted by atomic mass is 32.1. The zero-order valence-corrected chi connectivity index (χ0v) is 13.0. The summed E-state index contributed by atoms with van der Waals surface area (Å²) in [6.45, 7) is 4.22.